The van der Waals surface area contributed by atoms with Gasteiger partial charge in [0.15, 0.2) is 23.3 Å². The Hall–Kier alpha value is -1.43. The summed E-state index contributed by atoms with van der Waals surface area (Å²) < 4.78 is 32.9. The zero-order valence-electron chi connectivity index (χ0n) is 11.2. The molecule has 106 valence electrons. The highest BCUT2D eigenvalue weighted by Gasteiger charge is 2.21. The smallest absolute Gasteiger partial charge is 0.168 e. The minimum absolute atomic E-state index is 0.0105. The van der Waals surface area contributed by atoms with Gasteiger partial charge in [0.2, 0.25) is 0 Å². The number of aromatic nitrogens is 1. The summed E-state index contributed by atoms with van der Waals surface area (Å²) in [6.45, 7) is 6.18. The summed E-state index contributed by atoms with van der Waals surface area (Å²) in [5, 5.41) is 2.80. The van der Waals surface area contributed by atoms with Gasteiger partial charge in [-0.25, -0.2) is 13.8 Å². The minimum atomic E-state index is -0.665. The van der Waals surface area contributed by atoms with Crippen LogP contribution in [0.3, 0.4) is 0 Å². The van der Waals surface area contributed by atoms with E-state index in [1.54, 1.807) is 0 Å². The van der Waals surface area contributed by atoms with Crippen molar-refractivity contribution in [3.63, 3.8) is 0 Å². The third kappa shape index (κ3) is 3.32. The Morgan fingerprint density at radius 3 is 3.00 bits per heavy atom. The molecule has 1 saturated heterocycles. The Labute approximate surface area is 111 Å². The summed E-state index contributed by atoms with van der Waals surface area (Å²) in [5.74, 6) is -1.01. The van der Waals surface area contributed by atoms with Crippen molar-refractivity contribution < 1.29 is 13.5 Å². The highest BCUT2D eigenvalue weighted by atomic mass is 19.1. The number of ether oxygens (including phenoxy) is 1. The molecular weight excluding hydrogens is 252 g/mol. The number of halogens is 2. The Kier molecular flexibility index (Phi) is 4.52. The fraction of sp³-hybridized carbons (Fsp3) is 0.615. The fourth-order valence-corrected chi connectivity index (χ4v) is 2.16. The lowest BCUT2D eigenvalue weighted by Gasteiger charge is -2.24. The average molecular weight is 271 g/mol. The lowest BCUT2D eigenvalue weighted by Crippen LogP contribution is -2.31. The molecule has 2 heterocycles. The molecule has 1 aromatic rings. The summed E-state index contributed by atoms with van der Waals surface area (Å²) in [7, 11) is 0. The lowest BCUT2D eigenvalue weighted by atomic mass is 10.3. The van der Waals surface area contributed by atoms with E-state index < -0.39 is 11.6 Å². The summed E-state index contributed by atoms with van der Waals surface area (Å²) >= 11 is 0. The van der Waals surface area contributed by atoms with Crippen molar-refractivity contribution >= 4 is 11.6 Å². The number of nitrogens with one attached hydrogen (secondary N) is 1. The van der Waals surface area contributed by atoms with Crippen molar-refractivity contribution in [1.29, 1.82) is 0 Å². The van der Waals surface area contributed by atoms with Gasteiger partial charge < -0.3 is 15.0 Å². The molecule has 19 heavy (non-hydrogen) atoms. The molecule has 1 aromatic heterocycles. The topological polar surface area (TPSA) is 37.4 Å². The second-order valence-corrected chi connectivity index (χ2v) is 4.64. The van der Waals surface area contributed by atoms with Gasteiger partial charge in [-0.05, 0) is 20.3 Å². The molecular formula is C13H19F2N3O. The van der Waals surface area contributed by atoms with Crippen LogP contribution in [0.2, 0.25) is 0 Å². The maximum atomic E-state index is 13.9. The number of anilines is 2. The van der Waals surface area contributed by atoms with E-state index in [1.807, 2.05) is 18.7 Å². The van der Waals surface area contributed by atoms with Gasteiger partial charge in [-0.3, -0.25) is 0 Å². The maximum absolute atomic E-state index is 13.9. The van der Waals surface area contributed by atoms with E-state index in [0.717, 1.165) is 12.5 Å². The Balaban J connectivity index is 2.29. The molecule has 0 spiro atoms. The first kappa shape index (κ1) is 14.0. The molecule has 0 radical (unpaired) electrons. The van der Waals surface area contributed by atoms with Gasteiger partial charge in [0.1, 0.15) is 0 Å². The van der Waals surface area contributed by atoms with Crippen molar-refractivity contribution in [3.8, 4) is 0 Å². The molecule has 1 aliphatic rings. The molecule has 0 aromatic carbocycles. The maximum Gasteiger partial charge on any atom is 0.168 e. The highest BCUT2D eigenvalue weighted by molar-refractivity contribution is 5.49. The van der Waals surface area contributed by atoms with Gasteiger partial charge in [0.05, 0.1) is 6.10 Å². The van der Waals surface area contributed by atoms with E-state index in [2.05, 4.69) is 10.3 Å². The molecule has 1 N–H and O–H groups in total. The van der Waals surface area contributed by atoms with Gasteiger partial charge in [0, 0.05) is 32.3 Å². The standard InChI is InChI=1S/C13H19F2N3O/c1-3-16-12-10(14)7-11(15)13(17-12)18-5-4-6-19-9(2)8-18/h7,9H,3-6,8H2,1-2H3,(H,16,17). The van der Waals surface area contributed by atoms with Crippen LogP contribution in [-0.2, 0) is 4.74 Å². The van der Waals surface area contributed by atoms with Crippen LogP contribution >= 0.6 is 0 Å². The summed E-state index contributed by atoms with van der Waals surface area (Å²) in [6.07, 6.45) is 0.815. The largest absolute Gasteiger partial charge is 0.377 e. The molecule has 1 aliphatic heterocycles. The second-order valence-electron chi connectivity index (χ2n) is 4.64. The third-order valence-corrected chi connectivity index (χ3v) is 3.01. The Bertz CT molecular complexity index is 442. The Morgan fingerprint density at radius 1 is 1.47 bits per heavy atom. The zero-order chi connectivity index (χ0) is 13.8. The van der Waals surface area contributed by atoms with E-state index in [1.165, 1.54) is 0 Å². The van der Waals surface area contributed by atoms with Crippen LogP contribution in [0.15, 0.2) is 6.07 Å². The van der Waals surface area contributed by atoms with Crippen molar-refractivity contribution in [1.82, 2.24) is 4.98 Å². The van der Waals surface area contributed by atoms with Gasteiger partial charge in [0.25, 0.3) is 0 Å². The molecule has 6 heteroatoms. The molecule has 0 bridgehead atoms. The first-order chi connectivity index (χ1) is 9.11. The molecule has 1 unspecified atom stereocenters. The van der Waals surface area contributed by atoms with Gasteiger partial charge in [-0.2, -0.15) is 0 Å². The zero-order valence-corrected chi connectivity index (χ0v) is 11.2. The predicted octanol–water partition coefficient (Wildman–Crippen LogP) is 2.41. The minimum Gasteiger partial charge on any atom is -0.377 e. The van der Waals surface area contributed by atoms with Gasteiger partial charge >= 0.3 is 0 Å². The summed E-state index contributed by atoms with van der Waals surface area (Å²) in [5.41, 5.74) is 0. The fourth-order valence-electron chi connectivity index (χ4n) is 2.16. The van der Waals surface area contributed by atoms with Gasteiger partial charge in [-0.15, -0.1) is 0 Å². The molecule has 1 fully saturated rings. The lowest BCUT2D eigenvalue weighted by molar-refractivity contribution is 0.0820. The van der Waals surface area contributed by atoms with Gasteiger partial charge in [-0.1, -0.05) is 0 Å². The predicted molar refractivity (Wildman–Crippen MR) is 70.6 cm³/mol. The van der Waals surface area contributed by atoms with Crippen LogP contribution in [0, 0.1) is 11.6 Å². The molecule has 1 atom stereocenters. The van der Waals surface area contributed by atoms with E-state index in [9.17, 15) is 8.78 Å². The first-order valence-corrected chi connectivity index (χ1v) is 6.58. The number of nitrogens with zero attached hydrogens (tertiary/aromatic N) is 2. The quantitative estimate of drug-likeness (QED) is 0.916. The SMILES string of the molecule is CCNc1nc(N2CCCOC(C)C2)c(F)cc1F. The summed E-state index contributed by atoms with van der Waals surface area (Å²) in [6, 6.07) is 0.886. The van der Waals surface area contributed by atoms with E-state index >= 15 is 0 Å². The molecule has 0 amide bonds. The molecule has 4 nitrogen and oxygen atoms in total. The third-order valence-electron chi connectivity index (χ3n) is 3.01. The van der Waals surface area contributed by atoms with Crippen LogP contribution in [0.25, 0.3) is 0 Å². The monoisotopic (exact) mass is 271 g/mol. The van der Waals surface area contributed by atoms with E-state index in [0.29, 0.717) is 26.2 Å². The van der Waals surface area contributed by atoms with Crippen molar-refractivity contribution in [2.45, 2.75) is 26.4 Å². The normalized spacial score (nSPS) is 20.2. The van der Waals surface area contributed by atoms with Crippen LogP contribution < -0.4 is 10.2 Å². The summed E-state index contributed by atoms with van der Waals surface area (Å²) in [4.78, 5) is 5.88. The van der Waals surface area contributed by atoms with E-state index in [-0.39, 0.29) is 17.7 Å². The molecule has 0 saturated carbocycles. The molecule has 0 aliphatic carbocycles. The van der Waals surface area contributed by atoms with Crippen LogP contribution in [0.1, 0.15) is 20.3 Å². The van der Waals surface area contributed by atoms with Crippen molar-refractivity contribution in [2.24, 2.45) is 0 Å². The number of hydrogen-bond donors (Lipinski definition) is 1. The number of hydrogen-bond acceptors (Lipinski definition) is 4. The van der Waals surface area contributed by atoms with Crippen molar-refractivity contribution in [2.75, 3.05) is 36.5 Å². The van der Waals surface area contributed by atoms with Crippen molar-refractivity contribution in [3.05, 3.63) is 17.7 Å². The number of rotatable bonds is 3. The van der Waals surface area contributed by atoms with E-state index in [4.69, 9.17) is 4.74 Å². The van der Waals surface area contributed by atoms with Crippen LogP contribution in [0.4, 0.5) is 20.4 Å². The average Bonchev–Trinajstić information content (AvgIpc) is 2.57. The Morgan fingerprint density at radius 2 is 2.26 bits per heavy atom. The van der Waals surface area contributed by atoms with Crippen LogP contribution in [0.5, 0.6) is 0 Å². The second kappa shape index (κ2) is 6.14. The van der Waals surface area contributed by atoms with Crippen LogP contribution in [-0.4, -0.2) is 37.3 Å². The molecule has 2 rings (SSSR count). The highest BCUT2D eigenvalue weighted by Crippen LogP contribution is 2.24. The number of pyridine rings is 1. The first-order valence-electron chi connectivity index (χ1n) is 6.58.